The fourth-order valence-corrected chi connectivity index (χ4v) is 1.46. The lowest BCUT2D eigenvalue weighted by molar-refractivity contribution is 0.564. The van der Waals surface area contributed by atoms with E-state index in [1.165, 1.54) is 0 Å². The van der Waals surface area contributed by atoms with Crippen LogP contribution in [0, 0.1) is 0 Å². The maximum Gasteiger partial charge on any atom is 0.116 e. The molecule has 0 radical (unpaired) electrons. The summed E-state index contributed by atoms with van der Waals surface area (Å²) in [6.07, 6.45) is 6.61. The van der Waals surface area contributed by atoms with Gasteiger partial charge in [0.15, 0.2) is 0 Å². The number of rotatable bonds is 5. The molecular formula is C10H16N6. The van der Waals surface area contributed by atoms with Crippen LogP contribution in [0.25, 0.3) is 11.3 Å². The van der Waals surface area contributed by atoms with Gasteiger partial charge in [-0.1, -0.05) is 5.21 Å². The molecule has 0 unspecified atom stereocenters. The van der Waals surface area contributed by atoms with Crippen LogP contribution in [0.5, 0.6) is 0 Å². The van der Waals surface area contributed by atoms with E-state index < -0.39 is 0 Å². The lowest BCUT2D eigenvalue weighted by Gasteiger charge is -1.95. The van der Waals surface area contributed by atoms with Gasteiger partial charge in [0.2, 0.25) is 0 Å². The van der Waals surface area contributed by atoms with Crippen molar-refractivity contribution in [2.75, 3.05) is 6.54 Å². The summed E-state index contributed by atoms with van der Waals surface area (Å²) in [5.74, 6) is 0. The lowest BCUT2D eigenvalue weighted by atomic mass is 10.3. The molecule has 0 saturated carbocycles. The summed E-state index contributed by atoms with van der Waals surface area (Å²) in [4.78, 5) is 0. The number of hydrogen-bond donors (Lipinski definition) is 1. The van der Waals surface area contributed by atoms with E-state index in [1.807, 2.05) is 21.8 Å². The highest BCUT2D eigenvalue weighted by Crippen LogP contribution is 2.14. The number of aryl methyl sites for hydroxylation is 2. The van der Waals surface area contributed by atoms with E-state index in [-0.39, 0.29) is 0 Å². The maximum atomic E-state index is 5.44. The highest BCUT2D eigenvalue weighted by atomic mass is 15.4. The third-order valence-corrected chi connectivity index (χ3v) is 2.38. The molecular weight excluding hydrogens is 204 g/mol. The molecule has 0 aromatic carbocycles. The van der Waals surface area contributed by atoms with Crippen molar-refractivity contribution in [2.45, 2.75) is 26.4 Å². The van der Waals surface area contributed by atoms with Crippen LogP contribution in [-0.4, -0.2) is 31.3 Å². The quantitative estimate of drug-likeness (QED) is 0.796. The van der Waals surface area contributed by atoms with Gasteiger partial charge in [-0.15, -0.1) is 5.10 Å². The van der Waals surface area contributed by atoms with Gasteiger partial charge >= 0.3 is 0 Å². The normalized spacial score (nSPS) is 10.9. The molecule has 0 saturated heterocycles. The van der Waals surface area contributed by atoms with Crippen LogP contribution in [0.2, 0.25) is 0 Å². The van der Waals surface area contributed by atoms with Crippen molar-refractivity contribution in [3.8, 4) is 11.3 Å². The van der Waals surface area contributed by atoms with Crippen molar-refractivity contribution < 1.29 is 0 Å². The Hall–Kier alpha value is -1.69. The number of hydrogen-bond acceptors (Lipinski definition) is 4. The van der Waals surface area contributed by atoms with E-state index in [9.17, 15) is 0 Å². The second kappa shape index (κ2) is 4.89. The number of aromatic nitrogens is 5. The third-order valence-electron chi connectivity index (χ3n) is 2.38. The first-order valence-corrected chi connectivity index (χ1v) is 5.46. The summed E-state index contributed by atoms with van der Waals surface area (Å²) in [5.41, 5.74) is 7.30. The summed E-state index contributed by atoms with van der Waals surface area (Å²) in [6, 6.07) is 0. The van der Waals surface area contributed by atoms with Gasteiger partial charge in [0.1, 0.15) is 5.69 Å². The molecule has 0 aliphatic heterocycles. The van der Waals surface area contributed by atoms with Gasteiger partial charge in [0, 0.05) is 24.8 Å². The Balaban J connectivity index is 2.11. The minimum atomic E-state index is 0.670. The zero-order chi connectivity index (χ0) is 11.4. The zero-order valence-corrected chi connectivity index (χ0v) is 9.37. The van der Waals surface area contributed by atoms with E-state index in [0.29, 0.717) is 6.54 Å². The van der Waals surface area contributed by atoms with Crippen molar-refractivity contribution in [2.24, 2.45) is 5.73 Å². The molecule has 2 heterocycles. The molecule has 2 aromatic rings. The average molecular weight is 220 g/mol. The first-order chi connectivity index (χ1) is 7.83. The monoisotopic (exact) mass is 220 g/mol. The third kappa shape index (κ3) is 2.27. The highest BCUT2D eigenvalue weighted by Gasteiger charge is 2.05. The topological polar surface area (TPSA) is 74.5 Å². The van der Waals surface area contributed by atoms with Gasteiger partial charge in [0.05, 0.1) is 12.4 Å². The van der Waals surface area contributed by atoms with Crippen LogP contribution in [-0.2, 0) is 13.1 Å². The van der Waals surface area contributed by atoms with Crippen molar-refractivity contribution in [3.05, 3.63) is 18.6 Å². The van der Waals surface area contributed by atoms with Crippen LogP contribution in [0.4, 0.5) is 0 Å². The Kier molecular flexibility index (Phi) is 3.31. The maximum absolute atomic E-state index is 5.44. The highest BCUT2D eigenvalue weighted by molar-refractivity contribution is 5.54. The molecule has 0 bridgehead atoms. The lowest BCUT2D eigenvalue weighted by Crippen LogP contribution is -2.06. The van der Waals surface area contributed by atoms with Gasteiger partial charge in [-0.05, 0) is 19.9 Å². The molecule has 6 nitrogen and oxygen atoms in total. The number of nitrogens with zero attached hydrogens (tertiary/aromatic N) is 5. The first-order valence-electron chi connectivity index (χ1n) is 5.46. The van der Waals surface area contributed by atoms with Crippen LogP contribution in [0.1, 0.15) is 13.3 Å². The Morgan fingerprint density at radius 1 is 1.31 bits per heavy atom. The smallest absolute Gasteiger partial charge is 0.116 e. The molecule has 0 spiro atoms. The van der Waals surface area contributed by atoms with Gasteiger partial charge in [0.25, 0.3) is 0 Å². The average Bonchev–Trinajstić information content (AvgIpc) is 2.94. The SMILES string of the molecule is CCn1cc(-c2cn(CCCN)nn2)cn1. The summed E-state index contributed by atoms with van der Waals surface area (Å²) < 4.78 is 3.68. The van der Waals surface area contributed by atoms with Crippen LogP contribution in [0.15, 0.2) is 18.6 Å². The van der Waals surface area contributed by atoms with Crippen molar-refractivity contribution >= 4 is 0 Å². The fraction of sp³-hybridized carbons (Fsp3) is 0.500. The predicted octanol–water partition coefficient (Wildman–Crippen LogP) is 0.510. The summed E-state index contributed by atoms with van der Waals surface area (Å²) in [5, 5.41) is 12.3. The van der Waals surface area contributed by atoms with Gasteiger partial charge < -0.3 is 5.73 Å². The Morgan fingerprint density at radius 3 is 2.88 bits per heavy atom. The van der Waals surface area contributed by atoms with Crippen LogP contribution >= 0.6 is 0 Å². The van der Waals surface area contributed by atoms with Gasteiger partial charge in [-0.2, -0.15) is 5.10 Å². The van der Waals surface area contributed by atoms with Gasteiger partial charge in [-0.25, -0.2) is 0 Å². The van der Waals surface area contributed by atoms with E-state index >= 15 is 0 Å². The summed E-state index contributed by atoms with van der Waals surface area (Å²) in [6.45, 7) is 4.39. The Bertz CT molecular complexity index is 444. The summed E-state index contributed by atoms with van der Waals surface area (Å²) in [7, 11) is 0. The molecule has 0 aliphatic rings. The first kappa shape index (κ1) is 10.8. The minimum absolute atomic E-state index is 0.670. The molecule has 2 aromatic heterocycles. The summed E-state index contributed by atoms with van der Waals surface area (Å²) >= 11 is 0. The fourth-order valence-electron chi connectivity index (χ4n) is 1.46. The molecule has 16 heavy (non-hydrogen) atoms. The largest absolute Gasteiger partial charge is 0.330 e. The van der Waals surface area contributed by atoms with E-state index in [4.69, 9.17) is 5.73 Å². The second-order valence-electron chi connectivity index (χ2n) is 3.59. The Morgan fingerprint density at radius 2 is 2.19 bits per heavy atom. The van der Waals surface area contributed by atoms with Crippen LogP contribution < -0.4 is 5.73 Å². The van der Waals surface area contributed by atoms with E-state index in [1.54, 1.807) is 6.20 Å². The van der Waals surface area contributed by atoms with Crippen molar-refractivity contribution in [1.82, 2.24) is 24.8 Å². The molecule has 86 valence electrons. The Labute approximate surface area is 94.1 Å². The standard InChI is InChI=1S/C10H16N6/c1-2-15-7-9(6-12-15)10-8-16(14-13-10)5-3-4-11/h6-8H,2-5,11H2,1H3. The van der Waals surface area contributed by atoms with Crippen molar-refractivity contribution in [1.29, 1.82) is 0 Å². The molecule has 2 N–H and O–H groups in total. The predicted molar refractivity (Wildman–Crippen MR) is 60.6 cm³/mol. The number of nitrogens with two attached hydrogens (primary N) is 1. The zero-order valence-electron chi connectivity index (χ0n) is 9.37. The van der Waals surface area contributed by atoms with E-state index in [2.05, 4.69) is 22.3 Å². The van der Waals surface area contributed by atoms with E-state index in [0.717, 1.165) is 30.8 Å². The van der Waals surface area contributed by atoms with Crippen molar-refractivity contribution in [3.63, 3.8) is 0 Å². The molecule has 2 rings (SSSR count). The molecule has 0 fully saturated rings. The van der Waals surface area contributed by atoms with Crippen LogP contribution in [0.3, 0.4) is 0 Å². The second-order valence-corrected chi connectivity index (χ2v) is 3.59. The molecule has 6 heteroatoms. The molecule has 0 atom stereocenters. The van der Waals surface area contributed by atoms with Gasteiger partial charge in [-0.3, -0.25) is 9.36 Å². The molecule has 0 amide bonds. The molecule has 0 aliphatic carbocycles. The minimum Gasteiger partial charge on any atom is -0.330 e.